The van der Waals surface area contributed by atoms with Crippen LogP contribution in [0.2, 0.25) is 0 Å². The molecule has 0 aliphatic heterocycles. The maximum atomic E-state index is 13.5. The Morgan fingerprint density at radius 2 is 1.40 bits per heavy atom. The monoisotopic (exact) mass is 299 g/mol. The van der Waals surface area contributed by atoms with Gasteiger partial charge in [-0.15, -0.1) is 0 Å². The van der Waals surface area contributed by atoms with Crippen LogP contribution in [0.4, 0.5) is 4.39 Å². The van der Waals surface area contributed by atoms with Crippen LogP contribution >= 0.6 is 7.29 Å². The molecule has 1 atom stereocenters. The standard InChI is InChI=1S/C16H27FNOP/c1-12(13-8-10-14(17)11-9-13)18-20(19,15(2,3)4)16(5,6)7/h8-12H,1-7H3,(H,18,19). The highest BCUT2D eigenvalue weighted by atomic mass is 31.2. The Kier molecular flexibility index (Phi) is 4.88. The van der Waals surface area contributed by atoms with Crippen LogP contribution in [0.15, 0.2) is 24.3 Å². The van der Waals surface area contributed by atoms with Gasteiger partial charge in [-0.05, 0) is 24.6 Å². The third-order valence-electron chi connectivity index (χ3n) is 3.63. The first-order valence-electron chi connectivity index (χ1n) is 7.02. The molecule has 0 saturated carbocycles. The van der Waals surface area contributed by atoms with Gasteiger partial charge in [0.05, 0.1) is 0 Å². The molecule has 0 fully saturated rings. The number of rotatable bonds is 3. The average molecular weight is 299 g/mol. The molecule has 20 heavy (non-hydrogen) atoms. The zero-order valence-corrected chi connectivity index (χ0v) is 14.5. The molecular formula is C16H27FNOP. The maximum Gasteiger partial charge on any atom is 0.158 e. The van der Waals surface area contributed by atoms with Gasteiger partial charge in [0, 0.05) is 16.4 Å². The van der Waals surface area contributed by atoms with Crippen LogP contribution in [0.25, 0.3) is 0 Å². The Hall–Kier alpha value is -0.660. The molecule has 2 nitrogen and oxygen atoms in total. The zero-order chi connectivity index (χ0) is 15.8. The lowest BCUT2D eigenvalue weighted by molar-refractivity contribution is 0.492. The quantitative estimate of drug-likeness (QED) is 0.762. The van der Waals surface area contributed by atoms with Crippen molar-refractivity contribution in [2.24, 2.45) is 0 Å². The minimum Gasteiger partial charge on any atom is -0.306 e. The molecule has 0 amide bonds. The van der Waals surface area contributed by atoms with Crippen LogP contribution in [-0.4, -0.2) is 10.3 Å². The Morgan fingerprint density at radius 3 is 1.75 bits per heavy atom. The fraction of sp³-hybridized carbons (Fsp3) is 0.625. The van der Waals surface area contributed by atoms with Crippen LogP contribution in [0.3, 0.4) is 0 Å². The lowest BCUT2D eigenvalue weighted by atomic mass is 10.1. The summed E-state index contributed by atoms with van der Waals surface area (Å²) in [5.74, 6) is -0.254. The third kappa shape index (κ3) is 3.51. The zero-order valence-electron chi connectivity index (χ0n) is 13.6. The van der Waals surface area contributed by atoms with E-state index in [2.05, 4.69) is 5.09 Å². The van der Waals surface area contributed by atoms with Crippen molar-refractivity contribution in [3.8, 4) is 0 Å². The Morgan fingerprint density at radius 1 is 1.00 bits per heavy atom. The molecule has 0 heterocycles. The van der Waals surface area contributed by atoms with Gasteiger partial charge in [0.25, 0.3) is 0 Å². The summed E-state index contributed by atoms with van der Waals surface area (Å²) in [4.78, 5) is 0. The molecule has 1 N–H and O–H groups in total. The minimum absolute atomic E-state index is 0.0834. The molecule has 114 valence electrons. The van der Waals surface area contributed by atoms with Gasteiger partial charge in [0.1, 0.15) is 5.82 Å². The van der Waals surface area contributed by atoms with Crippen molar-refractivity contribution in [2.75, 3.05) is 0 Å². The molecule has 4 heteroatoms. The summed E-state index contributed by atoms with van der Waals surface area (Å²) in [7, 11) is -2.66. The lowest BCUT2D eigenvalue weighted by Crippen LogP contribution is -2.37. The first-order chi connectivity index (χ1) is 8.88. The largest absolute Gasteiger partial charge is 0.306 e. The van der Waals surface area contributed by atoms with E-state index in [1.807, 2.05) is 48.5 Å². The van der Waals surface area contributed by atoms with Crippen LogP contribution < -0.4 is 5.09 Å². The summed E-state index contributed by atoms with van der Waals surface area (Å²) in [6, 6.07) is 6.27. The molecule has 1 rings (SSSR count). The van der Waals surface area contributed by atoms with Crippen molar-refractivity contribution < 1.29 is 8.96 Å². The second kappa shape index (κ2) is 5.61. The molecule has 0 bridgehead atoms. The van der Waals surface area contributed by atoms with Crippen molar-refractivity contribution in [1.82, 2.24) is 5.09 Å². The van der Waals surface area contributed by atoms with E-state index in [9.17, 15) is 8.96 Å². The predicted octanol–water partition coefficient (Wildman–Crippen LogP) is 5.35. The molecule has 0 aromatic heterocycles. The summed E-state index contributed by atoms with van der Waals surface area (Å²) in [6.45, 7) is 14.0. The SMILES string of the molecule is CC(NP(=O)(C(C)(C)C)C(C)(C)C)c1ccc(F)cc1. The minimum atomic E-state index is -2.66. The average Bonchev–Trinajstić information content (AvgIpc) is 2.26. The van der Waals surface area contributed by atoms with E-state index in [1.165, 1.54) is 12.1 Å². The maximum absolute atomic E-state index is 13.5. The van der Waals surface area contributed by atoms with E-state index in [0.717, 1.165) is 5.56 Å². The highest BCUT2D eigenvalue weighted by molar-refractivity contribution is 7.65. The Bertz CT molecular complexity index is 479. The van der Waals surface area contributed by atoms with E-state index in [4.69, 9.17) is 0 Å². The van der Waals surface area contributed by atoms with Crippen LogP contribution in [0, 0.1) is 5.82 Å². The molecule has 1 unspecified atom stereocenters. The second-order valence-electron chi connectivity index (χ2n) is 7.35. The molecule has 1 aromatic carbocycles. The number of hydrogen-bond acceptors (Lipinski definition) is 1. The molecule has 0 aliphatic rings. The van der Waals surface area contributed by atoms with Crippen LogP contribution in [-0.2, 0) is 4.57 Å². The number of hydrogen-bond donors (Lipinski definition) is 1. The van der Waals surface area contributed by atoms with Gasteiger partial charge in [-0.1, -0.05) is 53.7 Å². The van der Waals surface area contributed by atoms with Crippen molar-refractivity contribution in [1.29, 1.82) is 0 Å². The van der Waals surface area contributed by atoms with Gasteiger partial charge >= 0.3 is 0 Å². The van der Waals surface area contributed by atoms with Gasteiger partial charge in [-0.3, -0.25) is 5.09 Å². The highest BCUT2D eigenvalue weighted by Crippen LogP contribution is 2.64. The Labute approximate surface area is 122 Å². The van der Waals surface area contributed by atoms with Crippen molar-refractivity contribution in [3.05, 3.63) is 35.6 Å². The third-order valence-corrected chi connectivity index (χ3v) is 8.16. The van der Waals surface area contributed by atoms with E-state index in [0.29, 0.717) is 0 Å². The molecular weight excluding hydrogens is 272 g/mol. The van der Waals surface area contributed by atoms with Gasteiger partial charge in [-0.25, -0.2) is 4.39 Å². The highest BCUT2D eigenvalue weighted by Gasteiger charge is 2.46. The lowest BCUT2D eigenvalue weighted by Gasteiger charge is -2.43. The van der Waals surface area contributed by atoms with E-state index in [-0.39, 0.29) is 22.2 Å². The topological polar surface area (TPSA) is 29.1 Å². The van der Waals surface area contributed by atoms with Gasteiger partial charge in [-0.2, -0.15) is 0 Å². The predicted molar refractivity (Wildman–Crippen MR) is 85.1 cm³/mol. The number of nitrogens with one attached hydrogen (secondary N) is 1. The fourth-order valence-electron chi connectivity index (χ4n) is 2.49. The van der Waals surface area contributed by atoms with E-state index < -0.39 is 7.29 Å². The van der Waals surface area contributed by atoms with E-state index in [1.54, 1.807) is 12.1 Å². The van der Waals surface area contributed by atoms with Gasteiger partial charge in [0.15, 0.2) is 7.29 Å². The fourth-order valence-corrected chi connectivity index (χ4v) is 5.97. The summed E-state index contributed by atoms with van der Waals surface area (Å²) in [6.07, 6.45) is 0. The van der Waals surface area contributed by atoms with Gasteiger partial charge in [0.2, 0.25) is 0 Å². The van der Waals surface area contributed by atoms with Crippen molar-refractivity contribution >= 4 is 7.29 Å². The first kappa shape index (κ1) is 17.4. The molecule has 1 aromatic rings. The number of benzene rings is 1. The summed E-state index contributed by atoms with van der Waals surface area (Å²) in [5, 5.41) is 2.67. The summed E-state index contributed by atoms with van der Waals surface area (Å²) >= 11 is 0. The molecule has 0 radical (unpaired) electrons. The van der Waals surface area contributed by atoms with E-state index >= 15 is 0 Å². The van der Waals surface area contributed by atoms with Crippen LogP contribution in [0.1, 0.15) is 60.1 Å². The molecule has 0 spiro atoms. The number of halogens is 1. The van der Waals surface area contributed by atoms with Crippen molar-refractivity contribution in [2.45, 2.75) is 64.8 Å². The Balaban J connectivity index is 3.09. The smallest absolute Gasteiger partial charge is 0.158 e. The summed E-state index contributed by atoms with van der Waals surface area (Å²) < 4.78 is 26.5. The normalized spacial score (nSPS) is 15.2. The summed E-state index contributed by atoms with van der Waals surface area (Å²) in [5.41, 5.74) is 0.945. The van der Waals surface area contributed by atoms with Crippen molar-refractivity contribution in [3.63, 3.8) is 0 Å². The van der Waals surface area contributed by atoms with Crippen LogP contribution in [0.5, 0.6) is 0 Å². The molecule has 0 saturated heterocycles. The van der Waals surface area contributed by atoms with Gasteiger partial charge < -0.3 is 4.57 Å². The first-order valence-corrected chi connectivity index (χ1v) is 8.73. The second-order valence-corrected chi connectivity index (χ2v) is 11.5. The molecule has 0 aliphatic carbocycles.